The van der Waals surface area contributed by atoms with E-state index in [-0.39, 0.29) is 11.2 Å². The Kier molecular flexibility index (Phi) is 5.98. The van der Waals surface area contributed by atoms with Crippen LogP contribution < -0.4 is 10.3 Å². The number of nitrogens with one attached hydrogen (secondary N) is 1. The summed E-state index contributed by atoms with van der Waals surface area (Å²) >= 11 is 0. The molecule has 166 valence electrons. The van der Waals surface area contributed by atoms with E-state index in [1.807, 2.05) is 18.2 Å². The molecular weight excluding hydrogens is 409 g/mol. The van der Waals surface area contributed by atoms with E-state index < -0.39 is 22.4 Å². The van der Waals surface area contributed by atoms with E-state index in [0.717, 1.165) is 30.7 Å². The maximum Gasteiger partial charge on any atom is 0.416 e. The van der Waals surface area contributed by atoms with E-state index in [2.05, 4.69) is 43.1 Å². The maximum absolute atomic E-state index is 12.8. The molecule has 1 unspecified atom stereocenters. The van der Waals surface area contributed by atoms with Gasteiger partial charge in [0.05, 0.1) is 16.7 Å². The predicted octanol–water partition coefficient (Wildman–Crippen LogP) is 6.17. The molecule has 3 rings (SSSR count). The van der Waals surface area contributed by atoms with Gasteiger partial charge in [-0.05, 0) is 68.5 Å². The Morgan fingerprint density at radius 1 is 1.29 bits per heavy atom. The first kappa shape index (κ1) is 22.6. The largest absolute Gasteiger partial charge is 0.416 e. The summed E-state index contributed by atoms with van der Waals surface area (Å²) in [4.78, 5) is 12.7. The van der Waals surface area contributed by atoms with Crippen LogP contribution >= 0.6 is 0 Å². The number of hydrogen-bond donors (Lipinski definition) is 1. The van der Waals surface area contributed by atoms with Crippen molar-refractivity contribution in [1.82, 2.24) is 0 Å². The van der Waals surface area contributed by atoms with Gasteiger partial charge in [-0.3, -0.25) is 15.5 Å². The third-order valence-electron chi connectivity index (χ3n) is 5.65. The monoisotopic (exact) mass is 434 g/mol. The standard InChI is InChI=1S/C22H25F3N4O2/c1-5-28-19-9-6-15(10-17(19)14(2)12-21(28,3)4)13-26-27-18-8-7-16(22(23,24)25)11-20(18)29(30)31/h6-11,13-14,27H,5,12H2,1-4H3/b26-13+. The molecule has 31 heavy (non-hydrogen) atoms. The molecule has 1 aliphatic rings. The molecule has 0 aromatic heterocycles. The molecule has 9 heteroatoms. The number of halogens is 3. The Labute approximate surface area is 178 Å². The number of hydrazone groups is 1. The molecule has 2 aromatic carbocycles. The van der Waals surface area contributed by atoms with Crippen LogP contribution in [0.1, 0.15) is 56.7 Å². The third kappa shape index (κ3) is 4.65. The average Bonchev–Trinajstić information content (AvgIpc) is 2.67. The zero-order valence-electron chi connectivity index (χ0n) is 17.8. The van der Waals surface area contributed by atoms with E-state index in [1.54, 1.807) is 0 Å². The van der Waals surface area contributed by atoms with Gasteiger partial charge in [0.25, 0.3) is 5.69 Å². The van der Waals surface area contributed by atoms with Crippen molar-refractivity contribution >= 4 is 23.3 Å². The minimum absolute atomic E-state index is 0.0554. The number of alkyl halides is 3. The number of rotatable bonds is 5. The van der Waals surface area contributed by atoms with E-state index in [4.69, 9.17) is 0 Å². The molecule has 6 nitrogen and oxygen atoms in total. The Morgan fingerprint density at radius 3 is 2.61 bits per heavy atom. The van der Waals surface area contributed by atoms with E-state index in [1.165, 1.54) is 17.5 Å². The fourth-order valence-electron chi connectivity index (χ4n) is 4.32. The second-order valence-corrected chi connectivity index (χ2v) is 8.34. The Balaban J connectivity index is 1.84. The average molecular weight is 434 g/mol. The van der Waals surface area contributed by atoms with Crippen LogP contribution in [0.2, 0.25) is 0 Å². The number of anilines is 2. The molecule has 0 radical (unpaired) electrons. The molecule has 1 heterocycles. The molecule has 0 saturated heterocycles. The first-order valence-corrected chi connectivity index (χ1v) is 10.0. The zero-order valence-corrected chi connectivity index (χ0v) is 17.8. The molecular formula is C22H25F3N4O2. The fourth-order valence-corrected chi connectivity index (χ4v) is 4.32. The summed E-state index contributed by atoms with van der Waals surface area (Å²) in [6.07, 6.45) is -2.15. The van der Waals surface area contributed by atoms with E-state index in [0.29, 0.717) is 12.0 Å². The van der Waals surface area contributed by atoms with Crippen molar-refractivity contribution in [2.24, 2.45) is 5.10 Å². The summed E-state index contributed by atoms with van der Waals surface area (Å²) in [7, 11) is 0. The van der Waals surface area contributed by atoms with Gasteiger partial charge in [0.15, 0.2) is 0 Å². The van der Waals surface area contributed by atoms with Crippen molar-refractivity contribution in [2.75, 3.05) is 16.9 Å². The third-order valence-corrected chi connectivity index (χ3v) is 5.65. The molecule has 1 N–H and O–H groups in total. The van der Waals surface area contributed by atoms with Crippen LogP contribution in [-0.4, -0.2) is 23.2 Å². The number of nitrogens with zero attached hydrogens (tertiary/aromatic N) is 3. The lowest BCUT2D eigenvalue weighted by molar-refractivity contribution is -0.384. The smallest absolute Gasteiger partial charge is 0.366 e. The normalized spacial score (nSPS) is 18.2. The van der Waals surface area contributed by atoms with Crippen molar-refractivity contribution < 1.29 is 18.1 Å². The van der Waals surface area contributed by atoms with Crippen LogP contribution in [0.5, 0.6) is 0 Å². The van der Waals surface area contributed by atoms with Gasteiger partial charge in [0, 0.05) is 23.8 Å². The number of fused-ring (bicyclic) bond motifs is 1. The van der Waals surface area contributed by atoms with Crippen LogP contribution in [0.3, 0.4) is 0 Å². The number of benzene rings is 2. The van der Waals surface area contributed by atoms with Crippen LogP contribution in [0.25, 0.3) is 0 Å². The molecule has 1 atom stereocenters. The summed E-state index contributed by atoms with van der Waals surface area (Å²) in [5.41, 5.74) is 3.84. The number of nitro benzene ring substituents is 1. The minimum atomic E-state index is -4.66. The highest BCUT2D eigenvalue weighted by molar-refractivity contribution is 5.82. The minimum Gasteiger partial charge on any atom is -0.366 e. The Bertz CT molecular complexity index is 1020. The first-order chi connectivity index (χ1) is 14.4. The lowest BCUT2D eigenvalue weighted by atomic mass is 9.79. The molecule has 2 aromatic rings. The van der Waals surface area contributed by atoms with Gasteiger partial charge in [-0.2, -0.15) is 18.3 Å². The van der Waals surface area contributed by atoms with E-state index >= 15 is 0 Å². The van der Waals surface area contributed by atoms with Crippen LogP contribution in [-0.2, 0) is 6.18 Å². The van der Waals surface area contributed by atoms with Gasteiger partial charge in [0.1, 0.15) is 5.69 Å². The molecule has 0 bridgehead atoms. The molecule has 0 fully saturated rings. The van der Waals surface area contributed by atoms with Crippen molar-refractivity contribution in [1.29, 1.82) is 0 Å². The highest BCUT2D eigenvalue weighted by Gasteiger charge is 2.35. The zero-order chi connectivity index (χ0) is 23.0. The number of hydrogen-bond acceptors (Lipinski definition) is 5. The lowest BCUT2D eigenvalue weighted by Gasteiger charge is -2.47. The maximum atomic E-state index is 12.8. The van der Waals surface area contributed by atoms with Crippen LogP contribution in [0, 0.1) is 10.1 Å². The van der Waals surface area contributed by atoms with Crippen LogP contribution in [0.15, 0.2) is 41.5 Å². The Morgan fingerprint density at radius 2 is 2.00 bits per heavy atom. The molecule has 0 aliphatic carbocycles. The van der Waals surface area contributed by atoms with Crippen molar-refractivity contribution in [3.05, 3.63) is 63.2 Å². The van der Waals surface area contributed by atoms with Crippen molar-refractivity contribution in [2.45, 2.75) is 51.7 Å². The summed E-state index contributed by atoms with van der Waals surface area (Å²) in [5, 5.41) is 15.2. The molecule has 0 amide bonds. The fraction of sp³-hybridized carbons (Fsp3) is 0.409. The highest BCUT2D eigenvalue weighted by atomic mass is 19.4. The molecule has 1 aliphatic heterocycles. The predicted molar refractivity (Wildman–Crippen MR) is 116 cm³/mol. The first-order valence-electron chi connectivity index (χ1n) is 10.0. The molecule has 0 saturated carbocycles. The SMILES string of the molecule is CCN1c2ccc(/C=N/Nc3ccc(C(F)(F)F)cc3[N+](=O)[O-])cc2C(C)CC1(C)C. The molecule has 0 spiro atoms. The van der Waals surface area contributed by atoms with Crippen molar-refractivity contribution in [3.63, 3.8) is 0 Å². The lowest BCUT2D eigenvalue weighted by Crippen LogP contribution is -2.48. The summed E-state index contributed by atoms with van der Waals surface area (Å²) in [6, 6.07) is 8.27. The van der Waals surface area contributed by atoms with Crippen molar-refractivity contribution in [3.8, 4) is 0 Å². The summed E-state index contributed by atoms with van der Waals surface area (Å²) in [6.45, 7) is 9.65. The van der Waals surface area contributed by atoms with E-state index in [9.17, 15) is 23.3 Å². The van der Waals surface area contributed by atoms with Gasteiger partial charge in [-0.25, -0.2) is 0 Å². The highest BCUT2D eigenvalue weighted by Crippen LogP contribution is 2.43. The van der Waals surface area contributed by atoms with Gasteiger partial charge < -0.3 is 4.90 Å². The number of nitro groups is 1. The second-order valence-electron chi connectivity index (χ2n) is 8.34. The topological polar surface area (TPSA) is 70.8 Å². The quantitative estimate of drug-likeness (QED) is 0.347. The second kappa shape index (κ2) is 8.20. The summed E-state index contributed by atoms with van der Waals surface area (Å²) in [5.74, 6) is 0.352. The van der Waals surface area contributed by atoms with Gasteiger partial charge in [-0.1, -0.05) is 13.0 Å². The van der Waals surface area contributed by atoms with Gasteiger partial charge >= 0.3 is 6.18 Å². The summed E-state index contributed by atoms with van der Waals surface area (Å²) < 4.78 is 38.5. The Hall–Kier alpha value is -3.10. The van der Waals surface area contributed by atoms with Crippen LogP contribution in [0.4, 0.5) is 30.2 Å². The van der Waals surface area contributed by atoms with Gasteiger partial charge in [-0.15, -0.1) is 0 Å². The van der Waals surface area contributed by atoms with Gasteiger partial charge in [0.2, 0.25) is 0 Å².